The molecule has 0 aromatic heterocycles. The van der Waals surface area contributed by atoms with Crippen molar-refractivity contribution in [2.75, 3.05) is 0 Å². The molecule has 0 spiro atoms. The van der Waals surface area contributed by atoms with Gasteiger partial charge in [0.15, 0.2) is 0 Å². The summed E-state index contributed by atoms with van der Waals surface area (Å²) in [7, 11) is 0. The Bertz CT molecular complexity index is 146. The van der Waals surface area contributed by atoms with E-state index in [9.17, 15) is 0 Å². The molecule has 11 heavy (non-hydrogen) atoms. The predicted molar refractivity (Wildman–Crippen MR) is 46.3 cm³/mol. The summed E-state index contributed by atoms with van der Waals surface area (Å²) >= 11 is 0. The van der Waals surface area contributed by atoms with Crippen molar-refractivity contribution in [1.29, 1.82) is 0 Å². The molecule has 0 radical (unpaired) electrons. The van der Waals surface area contributed by atoms with Crippen LogP contribution >= 0.6 is 0 Å². The van der Waals surface area contributed by atoms with E-state index >= 15 is 0 Å². The maximum absolute atomic E-state index is 5.82. The first-order chi connectivity index (χ1) is 5.25. The van der Waals surface area contributed by atoms with Crippen LogP contribution in [0.25, 0.3) is 0 Å². The maximum atomic E-state index is 5.82. The molecule has 0 aliphatic heterocycles. The van der Waals surface area contributed by atoms with Crippen molar-refractivity contribution in [1.82, 2.24) is 5.32 Å². The Morgan fingerprint density at radius 2 is 2.00 bits per heavy atom. The van der Waals surface area contributed by atoms with Crippen molar-refractivity contribution >= 4 is 0 Å². The molecule has 0 saturated heterocycles. The van der Waals surface area contributed by atoms with Gasteiger partial charge in [0, 0.05) is 18.1 Å². The molecule has 2 saturated carbocycles. The zero-order valence-electron chi connectivity index (χ0n) is 7.22. The van der Waals surface area contributed by atoms with Gasteiger partial charge in [-0.05, 0) is 31.6 Å². The second-order valence-corrected chi connectivity index (χ2v) is 4.26. The third-order valence-corrected chi connectivity index (χ3v) is 3.03. The molecule has 4 unspecified atom stereocenters. The molecule has 0 bridgehead atoms. The van der Waals surface area contributed by atoms with Gasteiger partial charge in [0.1, 0.15) is 0 Å². The molecule has 4 atom stereocenters. The van der Waals surface area contributed by atoms with Crippen LogP contribution in [0.3, 0.4) is 0 Å². The van der Waals surface area contributed by atoms with Crippen LogP contribution in [0.1, 0.15) is 32.6 Å². The molecule has 0 amide bonds. The fourth-order valence-corrected chi connectivity index (χ4v) is 2.02. The third kappa shape index (κ3) is 1.74. The van der Waals surface area contributed by atoms with Crippen LogP contribution in [0.15, 0.2) is 0 Å². The first kappa shape index (κ1) is 7.56. The van der Waals surface area contributed by atoms with Crippen LogP contribution in [0.2, 0.25) is 0 Å². The molecular weight excluding hydrogens is 136 g/mol. The Morgan fingerprint density at radius 1 is 1.27 bits per heavy atom. The van der Waals surface area contributed by atoms with Crippen molar-refractivity contribution in [3.8, 4) is 0 Å². The lowest BCUT2D eigenvalue weighted by atomic mass is 10.2. The summed E-state index contributed by atoms with van der Waals surface area (Å²) in [5.41, 5.74) is 5.82. The number of hydrogen-bond acceptors (Lipinski definition) is 2. The van der Waals surface area contributed by atoms with E-state index < -0.39 is 0 Å². The lowest BCUT2D eigenvalue weighted by Crippen LogP contribution is -2.30. The quantitative estimate of drug-likeness (QED) is 0.619. The van der Waals surface area contributed by atoms with Gasteiger partial charge in [-0.1, -0.05) is 6.92 Å². The number of rotatable bonds is 2. The van der Waals surface area contributed by atoms with E-state index in [2.05, 4.69) is 12.2 Å². The molecule has 0 aromatic carbocycles. The first-order valence-corrected chi connectivity index (χ1v) is 4.77. The van der Waals surface area contributed by atoms with E-state index in [1.54, 1.807) is 0 Å². The summed E-state index contributed by atoms with van der Waals surface area (Å²) < 4.78 is 0. The van der Waals surface area contributed by atoms with Crippen LogP contribution in [-0.4, -0.2) is 18.1 Å². The minimum atomic E-state index is 0.474. The normalized spacial score (nSPS) is 49.6. The van der Waals surface area contributed by atoms with Crippen molar-refractivity contribution < 1.29 is 0 Å². The van der Waals surface area contributed by atoms with Gasteiger partial charge in [-0.2, -0.15) is 0 Å². The van der Waals surface area contributed by atoms with Crippen LogP contribution in [-0.2, 0) is 0 Å². The summed E-state index contributed by atoms with van der Waals surface area (Å²) in [5.74, 6) is 0.923. The minimum Gasteiger partial charge on any atom is -0.328 e. The lowest BCUT2D eigenvalue weighted by molar-refractivity contribution is 0.501. The molecule has 0 aromatic rings. The second kappa shape index (κ2) is 2.76. The van der Waals surface area contributed by atoms with E-state index in [1.807, 2.05) is 0 Å². The van der Waals surface area contributed by atoms with E-state index in [0.29, 0.717) is 6.04 Å². The zero-order chi connectivity index (χ0) is 7.84. The van der Waals surface area contributed by atoms with Crippen LogP contribution in [0.5, 0.6) is 0 Å². The van der Waals surface area contributed by atoms with Gasteiger partial charge in [-0.15, -0.1) is 0 Å². The van der Waals surface area contributed by atoms with Crippen molar-refractivity contribution in [3.63, 3.8) is 0 Å². The number of nitrogens with two attached hydrogens (primary N) is 1. The monoisotopic (exact) mass is 154 g/mol. The third-order valence-electron chi connectivity index (χ3n) is 3.03. The van der Waals surface area contributed by atoms with E-state index in [1.165, 1.54) is 25.7 Å². The largest absolute Gasteiger partial charge is 0.328 e. The van der Waals surface area contributed by atoms with Crippen LogP contribution in [0.4, 0.5) is 0 Å². The first-order valence-electron chi connectivity index (χ1n) is 4.77. The highest BCUT2D eigenvalue weighted by Crippen LogP contribution is 2.31. The SMILES string of the molecule is CC1CC1NC1CCC(N)C1. The molecular formula is C9H18N2. The van der Waals surface area contributed by atoms with Gasteiger partial charge >= 0.3 is 0 Å². The van der Waals surface area contributed by atoms with Crippen LogP contribution in [0, 0.1) is 5.92 Å². The summed E-state index contributed by atoms with van der Waals surface area (Å²) in [6, 6.07) is 2.03. The summed E-state index contributed by atoms with van der Waals surface area (Å²) in [5, 5.41) is 3.65. The van der Waals surface area contributed by atoms with Crippen molar-refractivity contribution in [2.45, 2.75) is 50.7 Å². The molecule has 2 aliphatic carbocycles. The van der Waals surface area contributed by atoms with Crippen molar-refractivity contribution in [3.05, 3.63) is 0 Å². The Kier molecular flexibility index (Phi) is 1.90. The highest BCUT2D eigenvalue weighted by molar-refractivity contribution is 4.94. The summed E-state index contributed by atoms with van der Waals surface area (Å²) in [4.78, 5) is 0. The molecule has 64 valence electrons. The van der Waals surface area contributed by atoms with Gasteiger partial charge in [0.05, 0.1) is 0 Å². The summed E-state index contributed by atoms with van der Waals surface area (Å²) in [6.45, 7) is 2.31. The maximum Gasteiger partial charge on any atom is 0.00989 e. The van der Waals surface area contributed by atoms with Crippen molar-refractivity contribution in [2.24, 2.45) is 11.7 Å². The molecule has 0 heterocycles. The predicted octanol–water partition coefficient (Wildman–Crippen LogP) is 0.864. The average molecular weight is 154 g/mol. The van der Waals surface area contributed by atoms with Gasteiger partial charge in [0.25, 0.3) is 0 Å². The summed E-state index contributed by atoms with van der Waals surface area (Å²) in [6.07, 6.45) is 5.10. The molecule has 2 fully saturated rings. The Labute approximate surface area is 68.5 Å². The Hall–Kier alpha value is -0.0800. The molecule has 2 heteroatoms. The fourth-order valence-electron chi connectivity index (χ4n) is 2.02. The number of hydrogen-bond donors (Lipinski definition) is 2. The topological polar surface area (TPSA) is 38.0 Å². The molecule has 3 N–H and O–H groups in total. The standard InChI is InChI=1S/C9H18N2/c1-6-4-9(6)11-8-3-2-7(10)5-8/h6-9,11H,2-5,10H2,1H3. The fraction of sp³-hybridized carbons (Fsp3) is 1.00. The molecule has 2 nitrogen and oxygen atoms in total. The van der Waals surface area contributed by atoms with Crippen LogP contribution < -0.4 is 11.1 Å². The van der Waals surface area contributed by atoms with E-state index in [0.717, 1.165) is 18.0 Å². The Balaban J connectivity index is 1.71. The van der Waals surface area contributed by atoms with Gasteiger partial charge in [-0.25, -0.2) is 0 Å². The Morgan fingerprint density at radius 3 is 2.45 bits per heavy atom. The highest BCUT2D eigenvalue weighted by atomic mass is 15.0. The van der Waals surface area contributed by atoms with Gasteiger partial charge < -0.3 is 11.1 Å². The van der Waals surface area contributed by atoms with E-state index in [-0.39, 0.29) is 0 Å². The van der Waals surface area contributed by atoms with Gasteiger partial charge in [-0.3, -0.25) is 0 Å². The average Bonchev–Trinajstić information content (AvgIpc) is 2.42. The smallest absolute Gasteiger partial charge is 0.00989 e. The highest BCUT2D eigenvalue weighted by Gasteiger charge is 2.35. The second-order valence-electron chi connectivity index (χ2n) is 4.26. The zero-order valence-corrected chi connectivity index (χ0v) is 7.22. The molecule has 2 rings (SSSR count). The van der Waals surface area contributed by atoms with E-state index in [4.69, 9.17) is 5.73 Å². The number of nitrogens with one attached hydrogen (secondary N) is 1. The minimum absolute atomic E-state index is 0.474. The molecule has 2 aliphatic rings. The lowest BCUT2D eigenvalue weighted by Gasteiger charge is -2.10. The van der Waals surface area contributed by atoms with Gasteiger partial charge in [0.2, 0.25) is 0 Å².